The number of amides is 1. The van der Waals surface area contributed by atoms with E-state index in [1.54, 1.807) is 31.2 Å². The second-order valence-electron chi connectivity index (χ2n) is 4.44. The Morgan fingerprint density at radius 1 is 1.38 bits per heavy atom. The zero-order valence-corrected chi connectivity index (χ0v) is 11.4. The van der Waals surface area contributed by atoms with Gasteiger partial charge >= 0.3 is 0 Å². The number of nitrogens with one attached hydrogen (secondary N) is 1. The standard InChI is InChI=1S/C14H14N4O3/c1-9-10(4-2-6-12(9)18(20)21)8-17-14(19)13-11(15)5-3-7-16-13/h2-7H,8,15H2,1H3,(H,17,19). The summed E-state index contributed by atoms with van der Waals surface area (Å²) in [5, 5.41) is 13.5. The number of rotatable bonds is 4. The molecule has 0 unspecified atom stereocenters. The molecular weight excluding hydrogens is 272 g/mol. The molecule has 1 aromatic carbocycles. The van der Waals surface area contributed by atoms with E-state index < -0.39 is 10.8 Å². The first-order valence-electron chi connectivity index (χ1n) is 6.22. The third kappa shape index (κ3) is 3.14. The largest absolute Gasteiger partial charge is 0.397 e. The van der Waals surface area contributed by atoms with Crippen LogP contribution in [-0.4, -0.2) is 15.8 Å². The molecule has 0 atom stereocenters. The van der Waals surface area contributed by atoms with Crippen molar-refractivity contribution in [3.8, 4) is 0 Å². The zero-order chi connectivity index (χ0) is 15.4. The predicted molar refractivity (Wildman–Crippen MR) is 77.7 cm³/mol. The maximum atomic E-state index is 12.0. The molecule has 2 aromatic rings. The molecule has 1 amide bonds. The molecule has 0 fully saturated rings. The van der Waals surface area contributed by atoms with Crippen LogP contribution < -0.4 is 11.1 Å². The van der Waals surface area contributed by atoms with Crippen molar-refractivity contribution >= 4 is 17.3 Å². The highest BCUT2D eigenvalue weighted by atomic mass is 16.6. The van der Waals surface area contributed by atoms with Crippen LogP contribution in [0.5, 0.6) is 0 Å². The number of pyridine rings is 1. The van der Waals surface area contributed by atoms with E-state index in [1.807, 2.05) is 0 Å². The maximum absolute atomic E-state index is 12.0. The molecule has 3 N–H and O–H groups in total. The van der Waals surface area contributed by atoms with Crippen LogP contribution in [0.1, 0.15) is 21.6 Å². The van der Waals surface area contributed by atoms with E-state index in [9.17, 15) is 14.9 Å². The summed E-state index contributed by atoms with van der Waals surface area (Å²) < 4.78 is 0. The number of hydrogen-bond acceptors (Lipinski definition) is 5. The van der Waals surface area contributed by atoms with E-state index in [0.717, 1.165) is 0 Å². The average molecular weight is 286 g/mol. The van der Waals surface area contributed by atoms with E-state index in [1.165, 1.54) is 12.3 Å². The number of nitrogen functional groups attached to an aromatic ring is 1. The minimum absolute atomic E-state index is 0.0269. The molecule has 0 bridgehead atoms. The maximum Gasteiger partial charge on any atom is 0.272 e. The fourth-order valence-corrected chi connectivity index (χ4v) is 1.93. The van der Waals surface area contributed by atoms with E-state index in [2.05, 4.69) is 10.3 Å². The Hall–Kier alpha value is -2.96. The van der Waals surface area contributed by atoms with Crippen molar-refractivity contribution in [3.63, 3.8) is 0 Å². The molecule has 7 heteroatoms. The van der Waals surface area contributed by atoms with Crippen molar-refractivity contribution in [3.05, 3.63) is 63.5 Å². The smallest absolute Gasteiger partial charge is 0.272 e. The monoisotopic (exact) mass is 286 g/mol. The van der Waals surface area contributed by atoms with Gasteiger partial charge in [0.05, 0.1) is 10.6 Å². The van der Waals surface area contributed by atoms with E-state index in [4.69, 9.17) is 5.73 Å². The molecule has 2 rings (SSSR count). The van der Waals surface area contributed by atoms with Gasteiger partial charge in [-0.25, -0.2) is 4.98 Å². The molecule has 0 aliphatic carbocycles. The highest BCUT2D eigenvalue weighted by Gasteiger charge is 2.15. The van der Waals surface area contributed by atoms with E-state index in [0.29, 0.717) is 11.1 Å². The van der Waals surface area contributed by atoms with Gasteiger partial charge in [0.25, 0.3) is 11.6 Å². The summed E-state index contributed by atoms with van der Waals surface area (Å²) in [6, 6.07) is 7.96. The average Bonchev–Trinajstić information content (AvgIpc) is 2.46. The Balaban J connectivity index is 2.14. The molecule has 1 heterocycles. The lowest BCUT2D eigenvalue weighted by molar-refractivity contribution is -0.385. The molecule has 0 saturated carbocycles. The van der Waals surface area contributed by atoms with Crippen LogP contribution in [0.4, 0.5) is 11.4 Å². The fraction of sp³-hybridized carbons (Fsp3) is 0.143. The van der Waals surface area contributed by atoms with Gasteiger partial charge in [-0.1, -0.05) is 12.1 Å². The Morgan fingerprint density at radius 3 is 2.81 bits per heavy atom. The number of nitrogens with two attached hydrogens (primary N) is 1. The number of anilines is 1. The second-order valence-corrected chi connectivity index (χ2v) is 4.44. The molecule has 0 spiro atoms. The van der Waals surface area contributed by atoms with Gasteiger partial charge in [0, 0.05) is 24.4 Å². The molecule has 0 aliphatic heterocycles. The third-order valence-electron chi connectivity index (χ3n) is 3.11. The molecule has 1 aromatic heterocycles. The third-order valence-corrected chi connectivity index (χ3v) is 3.11. The van der Waals surface area contributed by atoms with Gasteiger partial charge in [0.2, 0.25) is 0 Å². The van der Waals surface area contributed by atoms with Crippen molar-refractivity contribution < 1.29 is 9.72 Å². The van der Waals surface area contributed by atoms with Gasteiger partial charge in [-0.2, -0.15) is 0 Å². The summed E-state index contributed by atoms with van der Waals surface area (Å²) >= 11 is 0. The molecule has 108 valence electrons. The molecule has 7 nitrogen and oxygen atoms in total. The Bertz CT molecular complexity index is 700. The number of nitro groups is 1. The lowest BCUT2D eigenvalue weighted by Gasteiger charge is -2.09. The number of nitro benzene ring substituents is 1. The lowest BCUT2D eigenvalue weighted by Crippen LogP contribution is -2.25. The molecular formula is C14H14N4O3. The summed E-state index contributed by atoms with van der Waals surface area (Å²) in [5.74, 6) is -0.418. The second kappa shape index (κ2) is 6.00. The Labute approximate surface area is 121 Å². The van der Waals surface area contributed by atoms with Crippen molar-refractivity contribution in [2.24, 2.45) is 0 Å². The van der Waals surface area contributed by atoms with Crippen LogP contribution in [0.25, 0.3) is 0 Å². The van der Waals surface area contributed by atoms with Gasteiger partial charge in [0.1, 0.15) is 0 Å². The van der Waals surface area contributed by atoms with Crippen LogP contribution in [0.15, 0.2) is 36.5 Å². The van der Waals surface area contributed by atoms with Crippen LogP contribution >= 0.6 is 0 Å². The van der Waals surface area contributed by atoms with Gasteiger partial charge in [0.15, 0.2) is 5.69 Å². The van der Waals surface area contributed by atoms with Crippen LogP contribution in [0.2, 0.25) is 0 Å². The highest BCUT2D eigenvalue weighted by Crippen LogP contribution is 2.21. The number of carbonyl (C=O) groups is 1. The molecule has 21 heavy (non-hydrogen) atoms. The fourth-order valence-electron chi connectivity index (χ4n) is 1.93. The number of carbonyl (C=O) groups excluding carboxylic acids is 1. The number of hydrogen-bond donors (Lipinski definition) is 2. The van der Waals surface area contributed by atoms with Gasteiger partial charge in [-0.05, 0) is 24.6 Å². The van der Waals surface area contributed by atoms with Gasteiger partial charge in [-0.3, -0.25) is 14.9 Å². The summed E-state index contributed by atoms with van der Waals surface area (Å²) in [6.45, 7) is 1.82. The number of nitrogens with zero attached hydrogens (tertiary/aromatic N) is 2. The van der Waals surface area contributed by atoms with E-state index in [-0.39, 0.29) is 23.6 Å². The first kappa shape index (κ1) is 14.4. The molecule has 0 saturated heterocycles. The quantitative estimate of drug-likeness (QED) is 0.657. The molecule has 0 aliphatic rings. The Morgan fingerprint density at radius 2 is 2.14 bits per heavy atom. The van der Waals surface area contributed by atoms with Crippen LogP contribution in [0.3, 0.4) is 0 Å². The number of aromatic nitrogens is 1. The minimum Gasteiger partial charge on any atom is -0.397 e. The zero-order valence-electron chi connectivity index (χ0n) is 11.4. The minimum atomic E-state index is -0.447. The van der Waals surface area contributed by atoms with Crippen molar-refractivity contribution in [2.45, 2.75) is 13.5 Å². The topological polar surface area (TPSA) is 111 Å². The Kier molecular flexibility index (Phi) is 4.13. The van der Waals surface area contributed by atoms with Gasteiger partial charge in [-0.15, -0.1) is 0 Å². The summed E-state index contributed by atoms with van der Waals surface area (Å²) in [5.41, 5.74) is 7.32. The molecule has 0 radical (unpaired) electrons. The summed E-state index contributed by atoms with van der Waals surface area (Å²) in [7, 11) is 0. The van der Waals surface area contributed by atoms with Gasteiger partial charge < -0.3 is 11.1 Å². The summed E-state index contributed by atoms with van der Waals surface area (Å²) in [6.07, 6.45) is 1.48. The normalized spacial score (nSPS) is 10.1. The van der Waals surface area contributed by atoms with Crippen molar-refractivity contribution in [2.75, 3.05) is 5.73 Å². The first-order valence-corrected chi connectivity index (χ1v) is 6.22. The SMILES string of the molecule is Cc1c(CNC(=O)c2ncccc2N)cccc1[N+](=O)[O-]. The first-order chi connectivity index (χ1) is 10.0. The predicted octanol–water partition coefficient (Wildman–Crippen LogP) is 1.81. The lowest BCUT2D eigenvalue weighted by atomic mass is 10.1. The van der Waals surface area contributed by atoms with Crippen LogP contribution in [-0.2, 0) is 6.54 Å². The summed E-state index contributed by atoms with van der Waals surface area (Å²) in [4.78, 5) is 26.3. The van der Waals surface area contributed by atoms with E-state index >= 15 is 0 Å². The highest BCUT2D eigenvalue weighted by molar-refractivity contribution is 5.96. The van der Waals surface area contributed by atoms with Crippen molar-refractivity contribution in [1.82, 2.24) is 10.3 Å². The van der Waals surface area contributed by atoms with Crippen molar-refractivity contribution in [1.29, 1.82) is 0 Å². The number of benzene rings is 1. The van der Waals surface area contributed by atoms with Crippen LogP contribution in [0, 0.1) is 17.0 Å².